The largest absolute Gasteiger partial charge is 0.463 e. The van der Waals surface area contributed by atoms with Gasteiger partial charge in [0, 0.05) is 17.7 Å². The maximum atomic E-state index is 12.2. The van der Waals surface area contributed by atoms with Crippen LogP contribution in [0, 0.1) is 5.41 Å². The molecule has 0 spiro atoms. The van der Waals surface area contributed by atoms with Gasteiger partial charge in [-0.3, -0.25) is 10.7 Å². The fraction of sp³-hybridized carbons (Fsp3) is 0.235. The second-order valence-corrected chi connectivity index (χ2v) is 5.11. The summed E-state index contributed by atoms with van der Waals surface area (Å²) in [4.78, 5) is 24.3. The van der Waals surface area contributed by atoms with Crippen molar-refractivity contribution in [1.82, 2.24) is 5.32 Å². The summed E-state index contributed by atoms with van der Waals surface area (Å²) < 4.78 is 10.3. The van der Waals surface area contributed by atoms with E-state index >= 15 is 0 Å². The molecule has 1 aliphatic carbocycles. The first kappa shape index (κ1) is 17.3. The molecule has 4 N–H and O–H groups in total. The van der Waals surface area contributed by atoms with E-state index in [-0.39, 0.29) is 18.9 Å². The van der Waals surface area contributed by atoms with Crippen molar-refractivity contribution in [3.63, 3.8) is 0 Å². The van der Waals surface area contributed by atoms with Gasteiger partial charge in [0.2, 0.25) is 5.60 Å². The van der Waals surface area contributed by atoms with Crippen molar-refractivity contribution in [2.75, 3.05) is 12.3 Å². The van der Waals surface area contributed by atoms with Crippen LogP contribution in [-0.4, -0.2) is 30.1 Å². The Balaban J connectivity index is 2.06. The minimum atomic E-state index is -1.52. The van der Waals surface area contributed by atoms with Gasteiger partial charge in [-0.15, -0.1) is 0 Å². The second-order valence-electron chi connectivity index (χ2n) is 5.11. The van der Waals surface area contributed by atoms with Crippen LogP contribution in [0.1, 0.15) is 18.9 Å². The van der Waals surface area contributed by atoms with Gasteiger partial charge >= 0.3 is 12.1 Å². The number of carbonyl (C=O) groups is 2. The van der Waals surface area contributed by atoms with E-state index in [2.05, 4.69) is 5.32 Å². The van der Waals surface area contributed by atoms with Gasteiger partial charge in [-0.05, 0) is 37.3 Å². The number of amides is 1. The molecule has 2 rings (SSSR count). The third-order valence-corrected chi connectivity index (χ3v) is 3.36. The molecule has 24 heavy (non-hydrogen) atoms. The summed E-state index contributed by atoms with van der Waals surface area (Å²) >= 11 is 0. The lowest BCUT2D eigenvalue weighted by molar-refractivity contribution is -0.159. The molecule has 7 heteroatoms. The predicted molar refractivity (Wildman–Crippen MR) is 89.6 cm³/mol. The molecule has 0 heterocycles. The van der Waals surface area contributed by atoms with E-state index in [4.69, 9.17) is 20.6 Å². The van der Waals surface area contributed by atoms with Gasteiger partial charge in [0.25, 0.3) is 0 Å². The normalized spacial score (nSPS) is 18.7. The highest BCUT2D eigenvalue weighted by Crippen LogP contribution is 2.24. The number of nitrogens with one attached hydrogen (secondary N) is 2. The van der Waals surface area contributed by atoms with Crippen molar-refractivity contribution in [2.24, 2.45) is 0 Å². The Hall–Kier alpha value is -3.09. The number of nitrogens with two attached hydrogens (primary N) is 1. The minimum absolute atomic E-state index is 0.158. The van der Waals surface area contributed by atoms with Gasteiger partial charge in [-0.25, -0.2) is 9.59 Å². The van der Waals surface area contributed by atoms with Crippen LogP contribution in [0.2, 0.25) is 0 Å². The Morgan fingerprint density at radius 1 is 1.29 bits per heavy atom. The summed E-state index contributed by atoms with van der Waals surface area (Å²) in [5, 5.41) is 10.2. The molecule has 1 aliphatic rings. The fourth-order valence-corrected chi connectivity index (χ4v) is 2.14. The number of amidine groups is 1. The number of hydrogen-bond donors (Lipinski definition) is 3. The predicted octanol–water partition coefficient (Wildman–Crippen LogP) is 2.14. The van der Waals surface area contributed by atoms with Crippen LogP contribution in [0.5, 0.6) is 0 Å². The van der Waals surface area contributed by atoms with Gasteiger partial charge in [-0.2, -0.15) is 0 Å². The Labute approximate surface area is 139 Å². The van der Waals surface area contributed by atoms with E-state index in [9.17, 15) is 9.59 Å². The van der Waals surface area contributed by atoms with E-state index in [1.54, 1.807) is 49.4 Å². The van der Waals surface area contributed by atoms with E-state index < -0.39 is 17.7 Å². The van der Waals surface area contributed by atoms with Crippen LogP contribution >= 0.6 is 0 Å². The van der Waals surface area contributed by atoms with Crippen molar-refractivity contribution in [3.05, 3.63) is 54.1 Å². The maximum Gasteiger partial charge on any atom is 0.414 e. The molecule has 1 amide bonds. The maximum absolute atomic E-state index is 12.2. The Kier molecular flexibility index (Phi) is 5.36. The standard InChI is InChI=1S/C17H19N3O4/c1-2-23-15(21)17(10-4-3-5-11-17)24-16(22)20-14(19)12-6-8-13(18)9-7-12/h3-10H,2,11,18H2,1H3,(H2,19,20,22). The fourth-order valence-electron chi connectivity index (χ4n) is 2.14. The second kappa shape index (κ2) is 7.45. The molecular weight excluding hydrogens is 310 g/mol. The van der Waals surface area contributed by atoms with Crippen LogP contribution in [0.3, 0.4) is 0 Å². The highest BCUT2D eigenvalue weighted by Gasteiger charge is 2.41. The topological polar surface area (TPSA) is 114 Å². The molecular formula is C17H19N3O4. The third kappa shape index (κ3) is 4.01. The zero-order valence-electron chi connectivity index (χ0n) is 13.2. The summed E-state index contributed by atoms with van der Waals surface area (Å²) in [5.74, 6) is -0.811. The van der Waals surface area contributed by atoms with E-state index in [0.717, 1.165) is 0 Å². The zero-order chi connectivity index (χ0) is 17.6. The monoisotopic (exact) mass is 329 g/mol. The van der Waals surface area contributed by atoms with E-state index in [0.29, 0.717) is 11.3 Å². The average molecular weight is 329 g/mol. The number of rotatable bonds is 4. The molecule has 0 saturated carbocycles. The van der Waals surface area contributed by atoms with Crippen LogP contribution in [-0.2, 0) is 14.3 Å². The molecule has 1 unspecified atom stereocenters. The Morgan fingerprint density at radius 2 is 2.00 bits per heavy atom. The molecule has 0 fully saturated rings. The molecule has 0 saturated heterocycles. The first-order chi connectivity index (χ1) is 11.5. The average Bonchev–Trinajstić information content (AvgIpc) is 2.56. The van der Waals surface area contributed by atoms with Crippen molar-refractivity contribution < 1.29 is 19.1 Å². The molecule has 1 aromatic carbocycles. The minimum Gasteiger partial charge on any atom is -0.463 e. The molecule has 126 valence electrons. The van der Waals surface area contributed by atoms with Gasteiger partial charge in [0.05, 0.1) is 6.61 Å². The lowest BCUT2D eigenvalue weighted by Crippen LogP contribution is -2.46. The van der Waals surface area contributed by atoms with Crippen molar-refractivity contribution in [1.29, 1.82) is 5.41 Å². The van der Waals surface area contributed by atoms with Crippen LogP contribution in [0.25, 0.3) is 0 Å². The van der Waals surface area contributed by atoms with Gasteiger partial charge in [-0.1, -0.05) is 18.2 Å². The van der Waals surface area contributed by atoms with Crippen LogP contribution in [0.4, 0.5) is 10.5 Å². The molecule has 1 aromatic rings. The van der Waals surface area contributed by atoms with Crippen LogP contribution < -0.4 is 11.1 Å². The quantitative estimate of drug-likeness (QED) is 0.339. The number of ether oxygens (including phenoxy) is 2. The lowest BCUT2D eigenvalue weighted by Gasteiger charge is -2.28. The van der Waals surface area contributed by atoms with E-state index in [1.165, 1.54) is 6.08 Å². The Morgan fingerprint density at radius 3 is 2.58 bits per heavy atom. The number of hydrogen-bond acceptors (Lipinski definition) is 6. The highest BCUT2D eigenvalue weighted by atomic mass is 16.6. The first-order valence-corrected chi connectivity index (χ1v) is 7.43. The van der Waals surface area contributed by atoms with Gasteiger partial charge in [0.15, 0.2) is 0 Å². The number of esters is 1. The van der Waals surface area contributed by atoms with Gasteiger partial charge in [0.1, 0.15) is 5.84 Å². The lowest BCUT2D eigenvalue weighted by atomic mass is 9.95. The van der Waals surface area contributed by atoms with E-state index in [1.807, 2.05) is 0 Å². The third-order valence-electron chi connectivity index (χ3n) is 3.36. The van der Waals surface area contributed by atoms with Crippen LogP contribution in [0.15, 0.2) is 48.6 Å². The number of carbonyl (C=O) groups excluding carboxylic acids is 2. The highest BCUT2D eigenvalue weighted by molar-refractivity contribution is 6.05. The van der Waals surface area contributed by atoms with Crippen molar-refractivity contribution in [3.8, 4) is 0 Å². The number of nitrogen functional groups attached to an aromatic ring is 1. The Bertz CT molecular complexity index is 694. The summed E-state index contributed by atoms with van der Waals surface area (Å²) in [7, 11) is 0. The number of alkyl carbamates (subject to hydrolysis) is 1. The molecule has 0 aromatic heterocycles. The molecule has 7 nitrogen and oxygen atoms in total. The van der Waals surface area contributed by atoms with Gasteiger partial charge < -0.3 is 15.2 Å². The van der Waals surface area contributed by atoms with Crippen molar-refractivity contribution >= 4 is 23.6 Å². The number of benzene rings is 1. The summed E-state index contributed by atoms with van der Waals surface area (Å²) in [6.07, 6.45) is 5.79. The smallest absolute Gasteiger partial charge is 0.414 e. The summed E-state index contributed by atoms with van der Waals surface area (Å²) in [6.45, 7) is 1.84. The molecule has 1 atom stereocenters. The molecule has 0 aliphatic heterocycles. The summed E-state index contributed by atoms with van der Waals surface area (Å²) in [6, 6.07) is 6.43. The molecule has 0 bridgehead atoms. The number of allylic oxidation sites excluding steroid dienone is 2. The first-order valence-electron chi connectivity index (χ1n) is 7.43. The number of anilines is 1. The molecule has 0 radical (unpaired) electrons. The zero-order valence-corrected chi connectivity index (χ0v) is 13.2. The SMILES string of the molecule is CCOC(=O)C1(OC(=O)NC(=N)c2ccc(N)cc2)C=CC=CC1. The van der Waals surface area contributed by atoms with Crippen molar-refractivity contribution in [2.45, 2.75) is 18.9 Å². The summed E-state index contributed by atoms with van der Waals surface area (Å²) in [5.41, 5.74) is 5.08.